The van der Waals surface area contributed by atoms with Gasteiger partial charge in [0.2, 0.25) is 0 Å². The number of nitrogens with one attached hydrogen (secondary N) is 1. The third-order valence-corrected chi connectivity index (χ3v) is 10.9. The highest BCUT2D eigenvalue weighted by Crippen LogP contribution is 2.65. The van der Waals surface area contributed by atoms with Crippen LogP contribution in [0, 0.1) is 35.0 Å². The molecular weight excluding hydrogens is 370 g/mol. The molecule has 0 amide bonds. The van der Waals surface area contributed by atoms with Crippen molar-refractivity contribution in [3.8, 4) is 0 Å². The van der Waals surface area contributed by atoms with E-state index in [1.807, 2.05) is 0 Å². The van der Waals surface area contributed by atoms with Crippen molar-refractivity contribution >= 4 is 0 Å². The molecule has 2 saturated carbocycles. The highest BCUT2D eigenvalue weighted by atomic mass is 16.5. The van der Waals surface area contributed by atoms with Crippen molar-refractivity contribution in [3.63, 3.8) is 0 Å². The molecule has 2 N–H and O–H groups in total. The Morgan fingerprint density at radius 2 is 2.00 bits per heavy atom. The van der Waals surface area contributed by atoms with Crippen LogP contribution in [0.5, 0.6) is 0 Å². The van der Waals surface area contributed by atoms with Crippen molar-refractivity contribution in [1.82, 2.24) is 5.32 Å². The van der Waals surface area contributed by atoms with E-state index >= 15 is 0 Å². The molecule has 2 heterocycles. The first-order valence-electron chi connectivity index (χ1n) is 12.8. The van der Waals surface area contributed by atoms with E-state index in [9.17, 15) is 5.11 Å². The van der Waals surface area contributed by atoms with Crippen LogP contribution in [0.1, 0.15) is 79.1 Å². The zero-order valence-corrected chi connectivity index (χ0v) is 19.4. The van der Waals surface area contributed by atoms with Gasteiger partial charge in [-0.25, -0.2) is 0 Å². The maximum Gasteiger partial charge on any atom is 0.0937 e. The number of allylic oxidation sites excluding steroid dienone is 2. The monoisotopic (exact) mass is 411 g/mol. The number of ether oxygens (including phenoxy) is 1. The molecule has 4 aliphatic carbocycles. The summed E-state index contributed by atoms with van der Waals surface area (Å²) in [5.41, 5.74) is 5.25. The molecule has 166 valence electrons. The molecule has 30 heavy (non-hydrogen) atoms. The summed E-state index contributed by atoms with van der Waals surface area (Å²) in [6.45, 7) is 10.9. The fraction of sp³-hybridized carbons (Fsp3) is 0.852. The smallest absolute Gasteiger partial charge is 0.0937 e. The van der Waals surface area contributed by atoms with Crippen molar-refractivity contribution in [2.75, 3.05) is 6.54 Å². The second kappa shape index (κ2) is 6.68. The van der Waals surface area contributed by atoms with Crippen LogP contribution in [0.4, 0.5) is 0 Å². The normalized spacial score (nSPS) is 55.0. The minimum absolute atomic E-state index is 0.0222. The van der Waals surface area contributed by atoms with Gasteiger partial charge < -0.3 is 15.2 Å². The topological polar surface area (TPSA) is 41.5 Å². The standard InChI is InChI=1S/C27H41NO2/c1-15-11-24-25(28-14-15)17(3)27(30-24)10-8-20-21-6-5-18-12-19(29)7-9-26(18,4)23(21)13-22(20)16(27)2/h5,15,17,19-21,23-25,28-29H,6-14H2,1-4H3/t15-,17+,19-,20-,21-,23-,24+,25-,26-,27?/m0/s1. The van der Waals surface area contributed by atoms with Crippen LogP contribution in [-0.2, 0) is 4.74 Å². The maximum atomic E-state index is 10.3. The van der Waals surface area contributed by atoms with Crippen molar-refractivity contribution in [2.24, 2.45) is 35.0 Å². The average molecular weight is 412 g/mol. The predicted octanol–water partition coefficient (Wildman–Crippen LogP) is 5.00. The van der Waals surface area contributed by atoms with E-state index in [0.29, 0.717) is 23.5 Å². The molecule has 0 aromatic carbocycles. The lowest BCUT2D eigenvalue weighted by Gasteiger charge is -2.49. The van der Waals surface area contributed by atoms with Crippen LogP contribution in [0.3, 0.4) is 0 Å². The summed E-state index contributed by atoms with van der Waals surface area (Å²) in [5.74, 6) is 3.64. The summed E-state index contributed by atoms with van der Waals surface area (Å²) in [4.78, 5) is 0. The van der Waals surface area contributed by atoms with Gasteiger partial charge >= 0.3 is 0 Å². The number of fused-ring (bicyclic) bond motifs is 6. The van der Waals surface area contributed by atoms with Crippen LogP contribution >= 0.6 is 0 Å². The van der Waals surface area contributed by atoms with E-state index in [1.54, 1.807) is 16.7 Å². The van der Waals surface area contributed by atoms with Gasteiger partial charge in [-0.1, -0.05) is 38.0 Å². The van der Waals surface area contributed by atoms with E-state index in [1.165, 1.54) is 38.5 Å². The Bertz CT molecular complexity index is 801. The van der Waals surface area contributed by atoms with Gasteiger partial charge in [-0.2, -0.15) is 0 Å². The highest BCUT2D eigenvalue weighted by Gasteiger charge is 2.60. The van der Waals surface area contributed by atoms with E-state index in [2.05, 4.69) is 39.1 Å². The van der Waals surface area contributed by atoms with Gasteiger partial charge in [0.25, 0.3) is 0 Å². The van der Waals surface area contributed by atoms with E-state index in [-0.39, 0.29) is 11.7 Å². The van der Waals surface area contributed by atoms with Gasteiger partial charge in [0.1, 0.15) is 0 Å². The van der Waals surface area contributed by atoms with Gasteiger partial charge in [0.15, 0.2) is 0 Å². The molecule has 4 fully saturated rings. The number of aliphatic hydroxyl groups is 1. The molecule has 3 heteroatoms. The molecule has 0 aromatic rings. The van der Waals surface area contributed by atoms with Crippen LogP contribution in [0.25, 0.3) is 0 Å². The molecule has 3 nitrogen and oxygen atoms in total. The first kappa shape index (κ1) is 20.0. The van der Waals surface area contributed by atoms with Gasteiger partial charge in [-0.3, -0.25) is 0 Å². The molecule has 10 atom stereocenters. The molecule has 6 aliphatic rings. The third kappa shape index (κ3) is 2.55. The molecule has 1 spiro atoms. The van der Waals surface area contributed by atoms with E-state index < -0.39 is 0 Å². The van der Waals surface area contributed by atoms with Gasteiger partial charge in [0, 0.05) is 12.0 Å². The Morgan fingerprint density at radius 1 is 1.17 bits per heavy atom. The average Bonchev–Trinajstić information content (AvgIpc) is 3.23. The minimum atomic E-state index is -0.111. The fourth-order valence-corrected chi connectivity index (χ4v) is 9.09. The molecule has 0 aromatic heterocycles. The van der Waals surface area contributed by atoms with E-state index in [0.717, 1.165) is 43.1 Å². The highest BCUT2D eigenvalue weighted by molar-refractivity contribution is 5.38. The predicted molar refractivity (Wildman–Crippen MR) is 120 cm³/mol. The lowest BCUT2D eigenvalue weighted by atomic mass is 9.56. The SMILES string of the molecule is CC1=C2C[C@H]3[C@@H](CC=C4C[C@@H](O)CC[C@@]43C)[C@@H]2CCC12O[C@@H]1C[C@H](C)CN[C@H]1[C@H]2C. The third-order valence-electron chi connectivity index (χ3n) is 10.9. The summed E-state index contributed by atoms with van der Waals surface area (Å²) in [5, 5.41) is 14.1. The fourth-order valence-electron chi connectivity index (χ4n) is 9.09. The Morgan fingerprint density at radius 3 is 2.83 bits per heavy atom. The maximum absolute atomic E-state index is 10.3. The van der Waals surface area contributed by atoms with Crippen LogP contribution in [-0.4, -0.2) is 35.5 Å². The zero-order chi connectivity index (χ0) is 20.8. The summed E-state index contributed by atoms with van der Waals surface area (Å²) >= 11 is 0. The van der Waals surface area contributed by atoms with Gasteiger partial charge in [-0.05, 0) is 99.5 Å². The van der Waals surface area contributed by atoms with Crippen molar-refractivity contribution in [1.29, 1.82) is 0 Å². The second-order valence-corrected chi connectivity index (χ2v) is 12.2. The first-order valence-corrected chi connectivity index (χ1v) is 12.8. The Labute approximate surface area is 182 Å². The number of rotatable bonds is 0. The van der Waals surface area contributed by atoms with Crippen molar-refractivity contribution < 1.29 is 9.84 Å². The van der Waals surface area contributed by atoms with Gasteiger partial charge in [-0.15, -0.1) is 0 Å². The quantitative estimate of drug-likeness (QED) is 0.551. The first-order chi connectivity index (χ1) is 14.3. The molecule has 0 bridgehead atoms. The lowest BCUT2D eigenvalue weighted by molar-refractivity contribution is -0.0549. The number of aliphatic hydroxyl groups excluding tert-OH is 1. The second-order valence-electron chi connectivity index (χ2n) is 12.2. The molecule has 6 rings (SSSR count). The Hall–Kier alpha value is -0.640. The largest absolute Gasteiger partial charge is 0.393 e. The summed E-state index contributed by atoms with van der Waals surface area (Å²) in [7, 11) is 0. The van der Waals surface area contributed by atoms with Crippen LogP contribution in [0.15, 0.2) is 22.8 Å². The molecular formula is C27H41NO2. The van der Waals surface area contributed by atoms with Crippen molar-refractivity contribution in [3.05, 3.63) is 22.8 Å². The summed E-state index contributed by atoms with van der Waals surface area (Å²) < 4.78 is 7.03. The zero-order valence-electron chi connectivity index (χ0n) is 19.4. The Balaban J connectivity index is 1.34. The number of hydrogen-bond donors (Lipinski definition) is 2. The molecule has 1 unspecified atom stereocenters. The molecule has 0 radical (unpaired) electrons. The number of hydrogen-bond acceptors (Lipinski definition) is 3. The van der Waals surface area contributed by atoms with Crippen LogP contribution in [0.2, 0.25) is 0 Å². The molecule has 2 saturated heterocycles. The minimum Gasteiger partial charge on any atom is -0.393 e. The lowest BCUT2D eigenvalue weighted by Crippen LogP contribution is -2.49. The number of piperidine rings is 1. The van der Waals surface area contributed by atoms with Gasteiger partial charge in [0.05, 0.1) is 17.8 Å². The Kier molecular flexibility index (Phi) is 4.46. The van der Waals surface area contributed by atoms with Crippen LogP contribution < -0.4 is 5.32 Å². The summed E-state index contributed by atoms with van der Waals surface area (Å²) in [6, 6.07) is 0.530. The summed E-state index contributed by atoms with van der Waals surface area (Å²) in [6.07, 6.45) is 12.2. The van der Waals surface area contributed by atoms with E-state index in [4.69, 9.17) is 4.74 Å². The molecule has 2 aliphatic heterocycles. The van der Waals surface area contributed by atoms with Crippen molar-refractivity contribution in [2.45, 2.75) is 103 Å².